The van der Waals surface area contributed by atoms with Crippen molar-refractivity contribution in [1.29, 1.82) is 0 Å². The Morgan fingerprint density at radius 2 is 1.88 bits per heavy atom. The highest BCUT2D eigenvalue weighted by molar-refractivity contribution is 5.93. The average molecular weight is 356 g/mol. The van der Waals surface area contributed by atoms with Crippen LogP contribution in [0.1, 0.15) is 11.3 Å². The van der Waals surface area contributed by atoms with Crippen LogP contribution in [0, 0.1) is 18.6 Å². The van der Waals surface area contributed by atoms with E-state index >= 15 is 0 Å². The number of amides is 2. The normalized spacial score (nSPS) is 10.6. The molecule has 134 valence electrons. The molecule has 0 saturated carbocycles. The highest BCUT2D eigenvalue weighted by Crippen LogP contribution is 2.30. The van der Waals surface area contributed by atoms with E-state index in [9.17, 15) is 13.6 Å². The van der Waals surface area contributed by atoms with Crippen LogP contribution in [0.5, 0.6) is 0 Å². The van der Waals surface area contributed by atoms with Gasteiger partial charge >= 0.3 is 6.03 Å². The molecule has 0 atom stereocenters. The first-order valence-corrected chi connectivity index (χ1v) is 8.03. The number of nitrogens with zero attached hydrogens (tertiary/aromatic N) is 2. The number of aryl methyl sites for hydroxylation is 2. The van der Waals surface area contributed by atoms with E-state index in [1.807, 2.05) is 37.3 Å². The fraction of sp³-hybridized carbons (Fsp3) is 0.158. The Morgan fingerprint density at radius 3 is 2.58 bits per heavy atom. The summed E-state index contributed by atoms with van der Waals surface area (Å²) < 4.78 is 28.2. The van der Waals surface area contributed by atoms with Gasteiger partial charge in [0.25, 0.3) is 0 Å². The van der Waals surface area contributed by atoms with Crippen LogP contribution >= 0.6 is 0 Å². The second-order valence-electron chi connectivity index (χ2n) is 5.84. The summed E-state index contributed by atoms with van der Waals surface area (Å²) in [6.45, 7) is 1.80. The second kappa shape index (κ2) is 7.35. The molecule has 0 radical (unpaired) electrons. The molecule has 2 N–H and O–H groups in total. The average Bonchev–Trinajstić information content (AvgIpc) is 2.88. The van der Waals surface area contributed by atoms with Crippen molar-refractivity contribution in [2.75, 3.05) is 5.32 Å². The van der Waals surface area contributed by atoms with Gasteiger partial charge in [-0.05, 0) is 18.6 Å². The first kappa shape index (κ1) is 17.6. The number of benzene rings is 2. The fourth-order valence-corrected chi connectivity index (χ4v) is 2.74. The monoisotopic (exact) mass is 356 g/mol. The lowest BCUT2D eigenvalue weighted by atomic mass is 10.1. The molecule has 0 unspecified atom stereocenters. The minimum absolute atomic E-state index is 0.0601. The van der Waals surface area contributed by atoms with Gasteiger partial charge in [-0.3, -0.25) is 10.00 Å². The fourth-order valence-electron chi connectivity index (χ4n) is 2.74. The zero-order valence-electron chi connectivity index (χ0n) is 14.4. The first-order valence-electron chi connectivity index (χ1n) is 8.03. The van der Waals surface area contributed by atoms with Gasteiger partial charge in [0.2, 0.25) is 0 Å². The van der Waals surface area contributed by atoms with Gasteiger partial charge in [-0.25, -0.2) is 13.6 Å². The molecule has 3 rings (SSSR count). The molecule has 2 amide bonds. The molecular formula is C19H18F2N4O. The Bertz CT molecular complexity index is 938. The van der Waals surface area contributed by atoms with Crippen LogP contribution in [0.3, 0.4) is 0 Å². The molecule has 0 aliphatic carbocycles. The van der Waals surface area contributed by atoms with Gasteiger partial charge in [0.05, 0.1) is 5.69 Å². The van der Waals surface area contributed by atoms with Crippen molar-refractivity contribution in [2.45, 2.75) is 13.5 Å². The van der Waals surface area contributed by atoms with Gasteiger partial charge in [0.1, 0.15) is 17.5 Å². The van der Waals surface area contributed by atoms with Crippen molar-refractivity contribution in [3.8, 4) is 11.1 Å². The number of carbonyl (C=O) groups is 1. The van der Waals surface area contributed by atoms with Gasteiger partial charge in [-0.2, -0.15) is 5.10 Å². The predicted molar refractivity (Wildman–Crippen MR) is 95.6 cm³/mol. The molecule has 0 bridgehead atoms. The molecule has 0 fully saturated rings. The summed E-state index contributed by atoms with van der Waals surface area (Å²) in [5.74, 6) is -0.828. The molecular weight excluding hydrogens is 338 g/mol. The van der Waals surface area contributed by atoms with Crippen LogP contribution in [0.15, 0.2) is 48.5 Å². The van der Waals surface area contributed by atoms with E-state index in [1.165, 1.54) is 6.07 Å². The van der Waals surface area contributed by atoms with Gasteiger partial charge in [-0.1, -0.05) is 36.4 Å². The summed E-state index contributed by atoms with van der Waals surface area (Å²) in [5.41, 5.74) is 2.72. The Labute approximate surface area is 149 Å². The Kier molecular flexibility index (Phi) is 4.97. The number of urea groups is 1. The molecule has 1 heterocycles. The standard InChI is InChI=1S/C19H18F2N4O/c1-12-17(13-6-4-3-5-7-13)18(25(2)24-12)23-19(26)22-11-14-8-9-15(20)10-16(14)21/h3-10H,11H2,1-2H3,(H2,22,23,26). The van der Waals surface area contributed by atoms with Crippen molar-refractivity contribution in [3.63, 3.8) is 0 Å². The maximum atomic E-state index is 13.7. The number of aromatic nitrogens is 2. The quantitative estimate of drug-likeness (QED) is 0.742. The summed E-state index contributed by atoms with van der Waals surface area (Å²) >= 11 is 0. The zero-order chi connectivity index (χ0) is 18.7. The molecule has 0 saturated heterocycles. The van der Waals surface area contributed by atoms with E-state index < -0.39 is 17.7 Å². The van der Waals surface area contributed by atoms with Crippen molar-refractivity contribution < 1.29 is 13.6 Å². The second-order valence-corrected chi connectivity index (χ2v) is 5.84. The van der Waals surface area contributed by atoms with E-state index in [1.54, 1.807) is 11.7 Å². The third kappa shape index (κ3) is 3.72. The summed E-state index contributed by atoms with van der Waals surface area (Å²) in [4.78, 5) is 12.2. The Morgan fingerprint density at radius 1 is 1.15 bits per heavy atom. The van der Waals surface area contributed by atoms with Gasteiger partial charge in [0.15, 0.2) is 0 Å². The zero-order valence-corrected chi connectivity index (χ0v) is 14.4. The number of halogens is 2. The molecule has 7 heteroatoms. The highest BCUT2D eigenvalue weighted by Gasteiger charge is 2.17. The summed E-state index contributed by atoms with van der Waals surface area (Å²) in [5, 5.41) is 9.68. The van der Waals surface area contributed by atoms with Crippen molar-refractivity contribution in [1.82, 2.24) is 15.1 Å². The maximum Gasteiger partial charge on any atom is 0.320 e. The lowest BCUT2D eigenvalue weighted by Gasteiger charge is -2.11. The largest absolute Gasteiger partial charge is 0.334 e. The minimum atomic E-state index is -0.702. The highest BCUT2D eigenvalue weighted by atomic mass is 19.1. The van der Waals surface area contributed by atoms with E-state index in [2.05, 4.69) is 15.7 Å². The van der Waals surface area contributed by atoms with Crippen molar-refractivity contribution in [2.24, 2.45) is 7.05 Å². The summed E-state index contributed by atoms with van der Waals surface area (Å²) in [6, 6.07) is 12.3. The Balaban J connectivity index is 1.76. The van der Waals surface area contributed by atoms with Crippen LogP contribution in [0.4, 0.5) is 19.4 Å². The van der Waals surface area contributed by atoms with Crippen molar-refractivity contribution in [3.05, 3.63) is 71.4 Å². The summed E-state index contributed by atoms with van der Waals surface area (Å²) in [6.07, 6.45) is 0. The van der Waals surface area contributed by atoms with E-state index in [-0.39, 0.29) is 12.1 Å². The maximum absolute atomic E-state index is 13.7. The van der Waals surface area contributed by atoms with Crippen LogP contribution in [-0.2, 0) is 13.6 Å². The summed E-state index contributed by atoms with van der Waals surface area (Å²) in [7, 11) is 1.73. The molecule has 3 aromatic rings. The number of rotatable bonds is 4. The van der Waals surface area contributed by atoms with Gasteiger partial charge < -0.3 is 5.32 Å². The number of hydrogen-bond donors (Lipinski definition) is 2. The van der Waals surface area contributed by atoms with Crippen LogP contribution < -0.4 is 10.6 Å². The molecule has 1 aromatic heterocycles. The lowest BCUT2D eigenvalue weighted by molar-refractivity contribution is 0.251. The van der Waals surface area contributed by atoms with E-state index in [0.717, 1.165) is 29.0 Å². The molecule has 26 heavy (non-hydrogen) atoms. The number of carbonyl (C=O) groups excluding carboxylic acids is 1. The molecule has 0 aliphatic heterocycles. The molecule has 5 nitrogen and oxygen atoms in total. The van der Waals surface area contributed by atoms with Crippen LogP contribution in [-0.4, -0.2) is 15.8 Å². The third-order valence-electron chi connectivity index (χ3n) is 3.97. The molecule has 2 aromatic carbocycles. The third-order valence-corrected chi connectivity index (χ3v) is 3.97. The number of hydrogen-bond acceptors (Lipinski definition) is 2. The van der Waals surface area contributed by atoms with Crippen LogP contribution in [0.25, 0.3) is 11.1 Å². The Hall–Kier alpha value is -3.22. The van der Waals surface area contributed by atoms with Gasteiger partial charge in [-0.15, -0.1) is 0 Å². The van der Waals surface area contributed by atoms with Gasteiger partial charge in [0, 0.05) is 30.8 Å². The smallest absolute Gasteiger partial charge is 0.320 e. The number of nitrogens with one attached hydrogen (secondary N) is 2. The van der Waals surface area contributed by atoms with E-state index in [0.29, 0.717) is 5.82 Å². The topological polar surface area (TPSA) is 59.0 Å². The minimum Gasteiger partial charge on any atom is -0.334 e. The first-order chi connectivity index (χ1) is 12.5. The molecule has 0 spiro atoms. The SMILES string of the molecule is Cc1nn(C)c(NC(=O)NCc2ccc(F)cc2F)c1-c1ccccc1. The lowest BCUT2D eigenvalue weighted by Crippen LogP contribution is -2.29. The number of anilines is 1. The molecule has 0 aliphatic rings. The van der Waals surface area contributed by atoms with Crippen LogP contribution in [0.2, 0.25) is 0 Å². The predicted octanol–water partition coefficient (Wildman–Crippen LogP) is 4.00. The van der Waals surface area contributed by atoms with E-state index in [4.69, 9.17) is 0 Å². The van der Waals surface area contributed by atoms with Crippen molar-refractivity contribution >= 4 is 11.8 Å².